The minimum Gasteiger partial charge on any atom is -0.508 e. The standard InChI is InChI=1S/C11H12F3NO3/c1-10(15,9(17)18)8(11(12,13)14)6-2-4-7(16)5-3-6/h2-5,8,16H,15H2,1H3,(H,17,18). The zero-order chi connectivity index (χ0) is 14.1. The number of hydrogen-bond acceptors (Lipinski definition) is 3. The summed E-state index contributed by atoms with van der Waals surface area (Å²) in [5, 5.41) is 17.8. The van der Waals surface area contributed by atoms with Crippen LogP contribution in [0.1, 0.15) is 18.4 Å². The average molecular weight is 263 g/mol. The van der Waals surface area contributed by atoms with E-state index in [1.165, 1.54) is 0 Å². The number of nitrogens with two attached hydrogens (primary N) is 1. The first kappa shape index (κ1) is 14.3. The molecule has 0 radical (unpaired) electrons. The highest BCUT2D eigenvalue weighted by Gasteiger charge is 2.54. The Bertz CT molecular complexity index is 440. The number of benzene rings is 1. The predicted molar refractivity (Wildman–Crippen MR) is 57.1 cm³/mol. The van der Waals surface area contributed by atoms with Crippen LogP contribution in [-0.2, 0) is 4.79 Å². The fourth-order valence-corrected chi connectivity index (χ4v) is 1.67. The zero-order valence-corrected chi connectivity index (χ0v) is 9.40. The highest BCUT2D eigenvalue weighted by molar-refractivity contribution is 5.79. The third kappa shape index (κ3) is 2.73. The lowest BCUT2D eigenvalue weighted by Gasteiger charge is -2.32. The van der Waals surface area contributed by atoms with Crippen molar-refractivity contribution in [1.29, 1.82) is 0 Å². The first-order valence-corrected chi connectivity index (χ1v) is 4.94. The molecule has 0 bridgehead atoms. The van der Waals surface area contributed by atoms with Crippen LogP contribution in [0.5, 0.6) is 5.75 Å². The van der Waals surface area contributed by atoms with E-state index >= 15 is 0 Å². The van der Waals surface area contributed by atoms with Gasteiger partial charge >= 0.3 is 12.1 Å². The Morgan fingerprint density at radius 2 is 1.72 bits per heavy atom. The maximum absolute atomic E-state index is 13.0. The molecule has 0 saturated heterocycles. The van der Waals surface area contributed by atoms with Gasteiger partial charge in [-0.25, -0.2) is 0 Å². The molecule has 0 fully saturated rings. The summed E-state index contributed by atoms with van der Waals surface area (Å²) in [6, 6.07) is 4.10. The molecule has 0 aliphatic rings. The van der Waals surface area contributed by atoms with Gasteiger partial charge in [0.25, 0.3) is 0 Å². The van der Waals surface area contributed by atoms with Gasteiger partial charge in [-0.05, 0) is 24.6 Å². The second-order valence-corrected chi connectivity index (χ2v) is 4.15. The Hall–Kier alpha value is -1.76. The number of aliphatic carboxylic acids is 1. The average Bonchev–Trinajstić information content (AvgIpc) is 2.18. The topological polar surface area (TPSA) is 83.6 Å². The van der Waals surface area contributed by atoms with Crippen molar-refractivity contribution >= 4 is 5.97 Å². The molecule has 0 saturated carbocycles. The zero-order valence-electron chi connectivity index (χ0n) is 9.40. The lowest BCUT2D eigenvalue weighted by atomic mass is 9.80. The van der Waals surface area contributed by atoms with Crippen molar-refractivity contribution in [3.63, 3.8) is 0 Å². The summed E-state index contributed by atoms with van der Waals surface area (Å²) in [5.41, 5.74) is 2.47. The highest BCUT2D eigenvalue weighted by atomic mass is 19.4. The highest BCUT2D eigenvalue weighted by Crippen LogP contribution is 2.41. The van der Waals surface area contributed by atoms with E-state index in [-0.39, 0.29) is 11.3 Å². The Morgan fingerprint density at radius 1 is 1.28 bits per heavy atom. The number of hydrogen-bond donors (Lipinski definition) is 3. The van der Waals surface area contributed by atoms with Gasteiger partial charge < -0.3 is 15.9 Å². The number of carbonyl (C=O) groups is 1. The largest absolute Gasteiger partial charge is 0.508 e. The number of halogens is 3. The van der Waals surface area contributed by atoms with Crippen LogP contribution in [0.15, 0.2) is 24.3 Å². The number of alkyl halides is 3. The van der Waals surface area contributed by atoms with E-state index < -0.39 is 23.6 Å². The molecule has 1 aromatic rings. The van der Waals surface area contributed by atoms with Crippen LogP contribution in [0.2, 0.25) is 0 Å². The van der Waals surface area contributed by atoms with Crippen LogP contribution in [0.4, 0.5) is 13.2 Å². The fraction of sp³-hybridized carbons (Fsp3) is 0.364. The smallest absolute Gasteiger partial charge is 0.398 e. The molecule has 2 atom stereocenters. The number of rotatable bonds is 3. The van der Waals surface area contributed by atoms with Gasteiger partial charge in [0.05, 0.1) is 0 Å². The Labute approximate surface area is 101 Å². The minimum absolute atomic E-state index is 0.214. The number of carboxylic acids is 1. The molecule has 0 amide bonds. The number of phenols is 1. The van der Waals surface area contributed by atoms with E-state index in [1.54, 1.807) is 0 Å². The van der Waals surface area contributed by atoms with Crippen LogP contribution in [0.3, 0.4) is 0 Å². The SMILES string of the molecule is CC(N)(C(=O)O)C(c1ccc(O)cc1)C(F)(F)F. The van der Waals surface area contributed by atoms with Gasteiger partial charge in [0.2, 0.25) is 0 Å². The van der Waals surface area contributed by atoms with E-state index in [2.05, 4.69) is 0 Å². The number of phenolic OH excluding ortho intramolecular Hbond substituents is 1. The third-order valence-electron chi connectivity index (χ3n) is 2.61. The molecule has 0 aliphatic carbocycles. The lowest BCUT2D eigenvalue weighted by molar-refractivity contribution is -0.177. The van der Waals surface area contributed by atoms with Gasteiger partial charge in [-0.2, -0.15) is 13.2 Å². The van der Waals surface area contributed by atoms with Crippen LogP contribution < -0.4 is 5.73 Å². The third-order valence-corrected chi connectivity index (χ3v) is 2.61. The van der Waals surface area contributed by atoms with Crippen molar-refractivity contribution in [2.24, 2.45) is 5.73 Å². The molecule has 1 aromatic carbocycles. The molecule has 0 heterocycles. The van der Waals surface area contributed by atoms with Crippen molar-refractivity contribution in [2.45, 2.75) is 24.6 Å². The van der Waals surface area contributed by atoms with E-state index in [9.17, 15) is 18.0 Å². The van der Waals surface area contributed by atoms with Crippen molar-refractivity contribution in [1.82, 2.24) is 0 Å². The monoisotopic (exact) mass is 263 g/mol. The second kappa shape index (κ2) is 4.49. The summed E-state index contributed by atoms with van der Waals surface area (Å²) in [7, 11) is 0. The minimum atomic E-state index is -4.81. The molecule has 0 aliphatic heterocycles. The second-order valence-electron chi connectivity index (χ2n) is 4.15. The van der Waals surface area contributed by atoms with E-state index in [0.717, 1.165) is 31.2 Å². The summed E-state index contributed by atoms with van der Waals surface area (Å²) >= 11 is 0. The normalized spacial score (nSPS) is 16.9. The first-order chi connectivity index (χ1) is 8.06. The quantitative estimate of drug-likeness (QED) is 0.777. The number of aromatic hydroxyl groups is 1. The van der Waals surface area contributed by atoms with E-state index in [0.29, 0.717) is 0 Å². The van der Waals surface area contributed by atoms with Gasteiger partial charge in [0.1, 0.15) is 17.2 Å². The van der Waals surface area contributed by atoms with Crippen LogP contribution in [0, 0.1) is 0 Å². The van der Waals surface area contributed by atoms with Crippen molar-refractivity contribution in [2.75, 3.05) is 0 Å². The van der Waals surface area contributed by atoms with E-state index in [4.69, 9.17) is 15.9 Å². The Kier molecular flexibility index (Phi) is 3.57. The van der Waals surface area contributed by atoms with Gasteiger partial charge in [-0.3, -0.25) is 4.79 Å². The molecule has 100 valence electrons. The molecule has 4 nitrogen and oxygen atoms in total. The summed E-state index contributed by atoms with van der Waals surface area (Å²) in [6.45, 7) is 0.806. The summed E-state index contributed by atoms with van der Waals surface area (Å²) in [5.74, 6) is -4.32. The van der Waals surface area contributed by atoms with Crippen LogP contribution in [-0.4, -0.2) is 27.9 Å². The van der Waals surface area contributed by atoms with Gasteiger partial charge in [0.15, 0.2) is 0 Å². The molecule has 7 heteroatoms. The summed E-state index contributed by atoms with van der Waals surface area (Å²) in [6.07, 6.45) is -4.81. The summed E-state index contributed by atoms with van der Waals surface area (Å²) in [4.78, 5) is 10.9. The predicted octanol–water partition coefficient (Wildman–Crippen LogP) is 1.84. The van der Waals surface area contributed by atoms with Crippen LogP contribution >= 0.6 is 0 Å². The van der Waals surface area contributed by atoms with Gasteiger partial charge in [-0.1, -0.05) is 12.1 Å². The molecule has 0 aromatic heterocycles. The first-order valence-electron chi connectivity index (χ1n) is 4.94. The maximum Gasteiger partial charge on any atom is 0.398 e. The molecule has 4 N–H and O–H groups in total. The van der Waals surface area contributed by atoms with Gasteiger partial charge in [-0.15, -0.1) is 0 Å². The lowest BCUT2D eigenvalue weighted by Crippen LogP contribution is -2.54. The summed E-state index contributed by atoms with van der Waals surface area (Å²) < 4.78 is 38.9. The number of carboxylic acid groups (broad SMARTS) is 1. The molecule has 18 heavy (non-hydrogen) atoms. The van der Waals surface area contributed by atoms with Crippen molar-refractivity contribution in [3.8, 4) is 5.75 Å². The fourth-order valence-electron chi connectivity index (χ4n) is 1.67. The Morgan fingerprint density at radius 3 is 2.06 bits per heavy atom. The molecular weight excluding hydrogens is 251 g/mol. The molecule has 1 rings (SSSR count). The van der Waals surface area contributed by atoms with Crippen molar-refractivity contribution in [3.05, 3.63) is 29.8 Å². The van der Waals surface area contributed by atoms with E-state index in [1.807, 2.05) is 0 Å². The van der Waals surface area contributed by atoms with Crippen molar-refractivity contribution < 1.29 is 28.2 Å². The maximum atomic E-state index is 13.0. The van der Waals surface area contributed by atoms with Crippen LogP contribution in [0.25, 0.3) is 0 Å². The molecule has 0 spiro atoms. The Balaban J connectivity index is 3.31. The van der Waals surface area contributed by atoms with Gasteiger partial charge in [0, 0.05) is 0 Å². The molecule has 2 unspecified atom stereocenters. The molecular formula is C11H12F3NO3.